The van der Waals surface area contributed by atoms with Crippen molar-refractivity contribution in [1.82, 2.24) is 15.5 Å². The highest BCUT2D eigenvalue weighted by Crippen LogP contribution is 2.20. The van der Waals surface area contributed by atoms with Gasteiger partial charge in [0.05, 0.1) is 5.75 Å². The number of thioether (sulfide) groups is 1. The van der Waals surface area contributed by atoms with Crippen molar-refractivity contribution in [2.24, 2.45) is 0 Å². The van der Waals surface area contributed by atoms with Crippen LogP contribution in [0, 0.1) is 0 Å². The Hall–Kier alpha value is -1.08. The van der Waals surface area contributed by atoms with Gasteiger partial charge in [-0.2, -0.15) is 0 Å². The van der Waals surface area contributed by atoms with Gasteiger partial charge < -0.3 is 10.2 Å². The molecule has 0 atom stereocenters. The molecule has 18 heavy (non-hydrogen) atoms. The number of piperidine rings is 1. The number of amides is 3. The summed E-state index contributed by atoms with van der Waals surface area (Å²) in [6, 6.07) is 0. The molecule has 0 aliphatic carbocycles. The third-order valence-corrected chi connectivity index (χ3v) is 4.39. The minimum absolute atomic E-state index is 0.00262. The number of hydrogen-bond acceptors (Lipinski definition) is 5. The molecule has 0 unspecified atom stereocenters. The number of carbonyl (C=O) groups is 3. The summed E-state index contributed by atoms with van der Waals surface area (Å²) in [5, 5.41) is 5.96. The summed E-state index contributed by atoms with van der Waals surface area (Å²) in [5.41, 5.74) is 0. The van der Waals surface area contributed by atoms with Gasteiger partial charge in [-0.05, 0) is 25.9 Å². The molecule has 2 N–H and O–H groups in total. The molecule has 0 spiro atoms. The number of piperazine rings is 1. The van der Waals surface area contributed by atoms with E-state index in [-0.39, 0.29) is 19.0 Å². The Morgan fingerprint density at radius 3 is 2.44 bits per heavy atom. The molecule has 2 saturated heterocycles. The lowest BCUT2D eigenvalue weighted by atomic mass is 10.2. The molecule has 0 aromatic rings. The van der Waals surface area contributed by atoms with Crippen LogP contribution < -0.4 is 10.6 Å². The molecule has 6 nitrogen and oxygen atoms in total. The largest absolute Gasteiger partial charge is 0.323 e. The fourth-order valence-corrected chi connectivity index (χ4v) is 3.19. The van der Waals surface area contributed by atoms with Crippen LogP contribution >= 0.6 is 11.8 Å². The average molecular weight is 271 g/mol. The maximum absolute atomic E-state index is 11.9. The zero-order chi connectivity index (χ0) is 13.0. The minimum atomic E-state index is -0.397. The van der Waals surface area contributed by atoms with Crippen LogP contribution in [0.15, 0.2) is 0 Å². The summed E-state index contributed by atoms with van der Waals surface area (Å²) in [6.45, 7) is 1.99. The second-order valence-corrected chi connectivity index (χ2v) is 5.77. The Labute approximate surface area is 110 Å². The van der Waals surface area contributed by atoms with Crippen molar-refractivity contribution >= 4 is 29.5 Å². The minimum Gasteiger partial charge on any atom is -0.323 e. The second-order valence-electron chi connectivity index (χ2n) is 4.48. The summed E-state index contributed by atoms with van der Waals surface area (Å²) in [6.07, 6.45) is 2.13. The first-order valence-electron chi connectivity index (χ1n) is 6.08. The molecule has 3 amide bonds. The molecule has 2 heterocycles. The van der Waals surface area contributed by atoms with Crippen LogP contribution in [0.4, 0.5) is 0 Å². The number of nitrogens with zero attached hydrogens (tertiary/aromatic N) is 1. The van der Waals surface area contributed by atoms with Crippen LogP contribution in [0.1, 0.15) is 12.8 Å². The fourth-order valence-electron chi connectivity index (χ4n) is 2.06. The molecule has 0 aromatic heterocycles. The molecule has 7 heteroatoms. The molecule has 2 fully saturated rings. The first kappa shape index (κ1) is 13.4. The lowest BCUT2D eigenvalue weighted by Crippen LogP contribution is -2.53. The highest BCUT2D eigenvalue weighted by atomic mass is 32.2. The third kappa shape index (κ3) is 3.71. The van der Waals surface area contributed by atoms with E-state index >= 15 is 0 Å². The quantitative estimate of drug-likeness (QED) is 0.641. The van der Waals surface area contributed by atoms with Gasteiger partial charge in [-0.3, -0.25) is 19.7 Å². The van der Waals surface area contributed by atoms with E-state index in [9.17, 15) is 14.4 Å². The highest BCUT2D eigenvalue weighted by Gasteiger charge is 2.26. The Bertz CT molecular complexity index is 339. The predicted molar refractivity (Wildman–Crippen MR) is 68.1 cm³/mol. The first-order chi connectivity index (χ1) is 8.65. The van der Waals surface area contributed by atoms with E-state index in [1.807, 2.05) is 0 Å². The number of nitrogens with one attached hydrogen (secondary N) is 2. The van der Waals surface area contributed by atoms with Crippen molar-refractivity contribution in [3.8, 4) is 0 Å². The third-order valence-electron chi connectivity index (χ3n) is 3.03. The van der Waals surface area contributed by atoms with E-state index in [4.69, 9.17) is 0 Å². The molecule has 2 aliphatic rings. The van der Waals surface area contributed by atoms with Gasteiger partial charge in [-0.1, -0.05) is 0 Å². The smallest absolute Gasteiger partial charge is 0.246 e. The van der Waals surface area contributed by atoms with Crippen molar-refractivity contribution in [3.63, 3.8) is 0 Å². The first-order valence-corrected chi connectivity index (χ1v) is 7.13. The maximum atomic E-state index is 11.9. The highest BCUT2D eigenvalue weighted by molar-refractivity contribution is 8.00. The van der Waals surface area contributed by atoms with Crippen molar-refractivity contribution in [1.29, 1.82) is 0 Å². The molecular formula is C11H17N3O3S. The molecule has 2 rings (SSSR count). The van der Waals surface area contributed by atoms with E-state index in [0.717, 1.165) is 25.9 Å². The van der Waals surface area contributed by atoms with Gasteiger partial charge >= 0.3 is 0 Å². The Balaban J connectivity index is 1.76. The monoisotopic (exact) mass is 271 g/mol. The van der Waals surface area contributed by atoms with E-state index < -0.39 is 11.8 Å². The van der Waals surface area contributed by atoms with Crippen LogP contribution in [0.25, 0.3) is 0 Å². The van der Waals surface area contributed by atoms with Gasteiger partial charge in [0.25, 0.3) is 0 Å². The summed E-state index contributed by atoms with van der Waals surface area (Å²) in [5.74, 6) is -0.565. The van der Waals surface area contributed by atoms with Crippen LogP contribution in [-0.4, -0.2) is 59.8 Å². The molecule has 2 aliphatic heterocycles. The summed E-state index contributed by atoms with van der Waals surface area (Å²) >= 11 is 1.63. The van der Waals surface area contributed by atoms with Gasteiger partial charge in [0.15, 0.2) is 0 Å². The zero-order valence-corrected chi connectivity index (χ0v) is 10.9. The normalized spacial score (nSPS) is 21.9. The number of hydrogen-bond donors (Lipinski definition) is 2. The van der Waals surface area contributed by atoms with Gasteiger partial charge in [-0.25, -0.2) is 0 Å². The van der Waals surface area contributed by atoms with Gasteiger partial charge in [-0.15, -0.1) is 11.8 Å². The summed E-state index contributed by atoms with van der Waals surface area (Å²) < 4.78 is 0. The maximum Gasteiger partial charge on any atom is 0.246 e. The topological polar surface area (TPSA) is 78.5 Å². The molecule has 0 bridgehead atoms. The van der Waals surface area contributed by atoms with E-state index in [1.165, 1.54) is 4.90 Å². The van der Waals surface area contributed by atoms with Crippen molar-refractivity contribution in [2.45, 2.75) is 18.1 Å². The Morgan fingerprint density at radius 1 is 1.22 bits per heavy atom. The van der Waals surface area contributed by atoms with Crippen molar-refractivity contribution in [2.75, 3.05) is 31.9 Å². The number of imide groups is 1. The van der Waals surface area contributed by atoms with Crippen molar-refractivity contribution in [3.05, 3.63) is 0 Å². The van der Waals surface area contributed by atoms with Crippen LogP contribution in [-0.2, 0) is 14.4 Å². The van der Waals surface area contributed by atoms with E-state index in [2.05, 4.69) is 10.6 Å². The molecule has 0 radical (unpaired) electrons. The summed E-state index contributed by atoms with van der Waals surface area (Å²) in [4.78, 5) is 35.5. The molecular weight excluding hydrogens is 254 g/mol. The lowest BCUT2D eigenvalue weighted by Gasteiger charge is -2.27. The zero-order valence-electron chi connectivity index (χ0n) is 10.1. The Morgan fingerprint density at radius 2 is 1.83 bits per heavy atom. The molecule has 0 saturated carbocycles. The fraction of sp³-hybridized carbons (Fsp3) is 0.727. The standard InChI is InChI=1S/C11H17N3O3S/c15-9-5-14(6-10(16)13-9)11(17)7-18-8-1-3-12-4-2-8/h8,12H,1-7H2,(H,13,15,16). The van der Waals surface area contributed by atoms with Crippen molar-refractivity contribution < 1.29 is 14.4 Å². The Kier molecular flexibility index (Phi) is 4.60. The second kappa shape index (κ2) is 6.19. The van der Waals surface area contributed by atoms with Gasteiger partial charge in [0.1, 0.15) is 13.1 Å². The molecule has 0 aromatic carbocycles. The van der Waals surface area contributed by atoms with Crippen LogP contribution in [0.5, 0.6) is 0 Å². The predicted octanol–water partition coefficient (Wildman–Crippen LogP) is -1.04. The average Bonchev–Trinajstić information content (AvgIpc) is 2.36. The van der Waals surface area contributed by atoms with Gasteiger partial charge in [0.2, 0.25) is 17.7 Å². The number of carbonyl (C=O) groups excluding carboxylic acids is 3. The number of rotatable bonds is 3. The summed E-state index contributed by atoms with van der Waals surface area (Å²) in [7, 11) is 0. The van der Waals surface area contributed by atoms with E-state index in [0.29, 0.717) is 11.0 Å². The van der Waals surface area contributed by atoms with Crippen LogP contribution in [0.2, 0.25) is 0 Å². The van der Waals surface area contributed by atoms with E-state index in [1.54, 1.807) is 11.8 Å². The molecule has 100 valence electrons. The lowest BCUT2D eigenvalue weighted by molar-refractivity contribution is -0.144. The van der Waals surface area contributed by atoms with Crippen LogP contribution in [0.3, 0.4) is 0 Å². The van der Waals surface area contributed by atoms with Gasteiger partial charge in [0, 0.05) is 5.25 Å². The SMILES string of the molecule is O=C1CN(C(=O)CSC2CCNCC2)CC(=O)N1.